The second-order valence-electron chi connectivity index (χ2n) is 5.02. The van der Waals surface area contributed by atoms with Crippen molar-refractivity contribution < 1.29 is 22.8 Å². The highest BCUT2D eigenvalue weighted by Crippen LogP contribution is 2.34. The molecule has 3 nitrogen and oxygen atoms in total. The molecular formula is C12H16F3NO2. The van der Waals surface area contributed by atoms with E-state index in [0.717, 1.165) is 17.7 Å². The zero-order valence-electron chi connectivity index (χ0n) is 10.0. The molecule has 0 spiro atoms. The summed E-state index contributed by atoms with van der Waals surface area (Å²) in [7, 11) is 0. The van der Waals surface area contributed by atoms with Gasteiger partial charge in [-0.1, -0.05) is 6.42 Å². The van der Waals surface area contributed by atoms with Gasteiger partial charge in [0.25, 0.3) is 0 Å². The maximum Gasteiger partial charge on any atom is 0.471 e. The molecule has 0 bridgehead atoms. The van der Waals surface area contributed by atoms with Gasteiger partial charge in [0.15, 0.2) is 0 Å². The molecule has 6 heteroatoms. The molecule has 0 aromatic heterocycles. The van der Waals surface area contributed by atoms with Crippen LogP contribution in [0.1, 0.15) is 38.5 Å². The van der Waals surface area contributed by atoms with E-state index >= 15 is 0 Å². The van der Waals surface area contributed by atoms with Crippen molar-refractivity contribution in [3.05, 3.63) is 0 Å². The van der Waals surface area contributed by atoms with E-state index in [0.29, 0.717) is 25.7 Å². The quantitative estimate of drug-likeness (QED) is 0.728. The normalized spacial score (nSPS) is 29.7. The zero-order chi connectivity index (χ0) is 13.3. The number of halogens is 3. The molecule has 0 aromatic carbocycles. The molecule has 1 aliphatic carbocycles. The summed E-state index contributed by atoms with van der Waals surface area (Å²) in [6.07, 6.45) is -1.04. The third-order valence-corrected chi connectivity index (χ3v) is 3.87. The number of hydrogen-bond donors (Lipinski definition) is 0. The van der Waals surface area contributed by atoms with Crippen LogP contribution in [0.4, 0.5) is 13.2 Å². The Kier molecular flexibility index (Phi) is 3.64. The predicted octanol–water partition coefficient (Wildman–Crippen LogP) is 2.30. The van der Waals surface area contributed by atoms with E-state index in [1.54, 1.807) is 0 Å². The number of rotatable bonds is 1. The monoisotopic (exact) mass is 263 g/mol. The van der Waals surface area contributed by atoms with Gasteiger partial charge in [-0.3, -0.25) is 9.59 Å². The number of amides is 1. The van der Waals surface area contributed by atoms with Crippen molar-refractivity contribution in [1.29, 1.82) is 0 Å². The van der Waals surface area contributed by atoms with E-state index in [-0.39, 0.29) is 18.2 Å². The van der Waals surface area contributed by atoms with Gasteiger partial charge in [-0.15, -0.1) is 0 Å². The molecule has 0 N–H and O–H groups in total. The van der Waals surface area contributed by atoms with Crippen molar-refractivity contribution in [1.82, 2.24) is 4.90 Å². The predicted molar refractivity (Wildman–Crippen MR) is 57.8 cm³/mol. The molecule has 1 aliphatic heterocycles. The van der Waals surface area contributed by atoms with E-state index < -0.39 is 18.1 Å². The zero-order valence-corrected chi connectivity index (χ0v) is 10.0. The Morgan fingerprint density at radius 1 is 1.17 bits per heavy atom. The number of ketones is 1. The average Bonchev–Trinajstić information content (AvgIpc) is 2.76. The Morgan fingerprint density at radius 2 is 1.89 bits per heavy atom. The minimum atomic E-state index is -4.83. The molecular weight excluding hydrogens is 247 g/mol. The first-order chi connectivity index (χ1) is 8.41. The van der Waals surface area contributed by atoms with Gasteiger partial charge in [0.2, 0.25) is 0 Å². The SMILES string of the molecule is O=C1CCCCC1C1CCCN1C(=O)C(F)(F)F. The fraction of sp³-hybridized carbons (Fsp3) is 0.833. The Labute approximate surface area is 103 Å². The van der Waals surface area contributed by atoms with Crippen LogP contribution in [0.2, 0.25) is 0 Å². The van der Waals surface area contributed by atoms with Crippen LogP contribution in [-0.2, 0) is 9.59 Å². The van der Waals surface area contributed by atoms with Crippen LogP contribution in [0.5, 0.6) is 0 Å². The third kappa shape index (κ3) is 2.52. The molecule has 0 radical (unpaired) electrons. The van der Waals surface area contributed by atoms with E-state index in [9.17, 15) is 22.8 Å². The van der Waals surface area contributed by atoms with Gasteiger partial charge >= 0.3 is 12.1 Å². The van der Waals surface area contributed by atoms with Crippen molar-refractivity contribution in [3.8, 4) is 0 Å². The minimum Gasteiger partial charge on any atom is -0.331 e. The third-order valence-electron chi connectivity index (χ3n) is 3.87. The molecule has 2 unspecified atom stereocenters. The summed E-state index contributed by atoms with van der Waals surface area (Å²) in [6.45, 7) is 0.118. The molecule has 1 saturated carbocycles. The number of hydrogen-bond acceptors (Lipinski definition) is 2. The lowest BCUT2D eigenvalue weighted by atomic mass is 9.82. The van der Waals surface area contributed by atoms with Gasteiger partial charge in [-0.25, -0.2) is 0 Å². The maximum atomic E-state index is 12.5. The smallest absolute Gasteiger partial charge is 0.331 e. The van der Waals surface area contributed by atoms with Gasteiger partial charge in [0, 0.05) is 24.9 Å². The average molecular weight is 263 g/mol. The second kappa shape index (κ2) is 4.90. The highest BCUT2D eigenvalue weighted by molar-refractivity contribution is 5.85. The number of Topliss-reactive ketones (excluding diaryl/α,β-unsaturated/α-hetero) is 1. The van der Waals surface area contributed by atoms with Crippen LogP contribution in [-0.4, -0.2) is 35.4 Å². The topological polar surface area (TPSA) is 37.4 Å². The van der Waals surface area contributed by atoms with Crippen molar-refractivity contribution in [2.75, 3.05) is 6.54 Å². The Balaban J connectivity index is 2.12. The lowest BCUT2D eigenvalue weighted by Crippen LogP contribution is -2.48. The molecule has 18 heavy (non-hydrogen) atoms. The fourth-order valence-corrected chi connectivity index (χ4v) is 3.04. The fourth-order valence-electron chi connectivity index (χ4n) is 3.04. The summed E-state index contributed by atoms with van der Waals surface area (Å²) in [4.78, 5) is 24.0. The lowest BCUT2D eigenvalue weighted by molar-refractivity contribution is -0.187. The molecule has 1 amide bonds. The summed E-state index contributed by atoms with van der Waals surface area (Å²) in [5.41, 5.74) is 0. The highest BCUT2D eigenvalue weighted by atomic mass is 19.4. The van der Waals surface area contributed by atoms with E-state index in [1.807, 2.05) is 0 Å². The number of carbonyl (C=O) groups is 2. The summed E-state index contributed by atoms with van der Waals surface area (Å²) in [5, 5.41) is 0. The van der Waals surface area contributed by atoms with Crippen LogP contribution >= 0.6 is 0 Å². The summed E-state index contributed by atoms with van der Waals surface area (Å²) in [5.74, 6) is -2.15. The van der Waals surface area contributed by atoms with Crippen LogP contribution < -0.4 is 0 Å². The van der Waals surface area contributed by atoms with Crippen molar-refractivity contribution in [3.63, 3.8) is 0 Å². The number of carbonyl (C=O) groups excluding carboxylic acids is 2. The summed E-state index contributed by atoms with van der Waals surface area (Å²) >= 11 is 0. The van der Waals surface area contributed by atoms with E-state index in [2.05, 4.69) is 0 Å². The van der Waals surface area contributed by atoms with Gasteiger partial charge < -0.3 is 4.90 Å². The van der Waals surface area contributed by atoms with Crippen molar-refractivity contribution >= 4 is 11.7 Å². The maximum absolute atomic E-state index is 12.5. The number of likely N-dealkylation sites (tertiary alicyclic amines) is 1. The molecule has 102 valence electrons. The van der Waals surface area contributed by atoms with Gasteiger partial charge in [0.1, 0.15) is 5.78 Å². The summed E-state index contributed by atoms with van der Waals surface area (Å²) < 4.78 is 37.4. The molecule has 1 saturated heterocycles. The first kappa shape index (κ1) is 13.4. The Hall–Kier alpha value is -1.07. The Bertz CT molecular complexity index is 354. The molecule has 2 aliphatic rings. The molecule has 0 aromatic rings. The van der Waals surface area contributed by atoms with Crippen LogP contribution in [0.25, 0.3) is 0 Å². The molecule has 2 fully saturated rings. The van der Waals surface area contributed by atoms with Gasteiger partial charge in [-0.05, 0) is 25.7 Å². The van der Waals surface area contributed by atoms with Crippen LogP contribution in [0, 0.1) is 5.92 Å². The number of alkyl halides is 3. The second-order valence-corrected chi connectivity index (χ2v) is 5.02. The van der Waals surface area contributed by atoms with Gasteiger partial charge in [-0.2, -0.15) is 13.2 Å². The van der Waals surface area contributed by atoms with Gasteiger partial charge in [0.05, 0.1) is 0 Å². The Morgan fingerprint density at radius 3 is 2.50 bits per heavy atom. The number of nitrogens with zero attached hydrogens (tertiary/aromatic N) is 1. The minimum absolute atomic E-state index is 0.0214. The van der Waals surface area contributed by atoms with Crippen LogP contribution in [0.3, 0.4) is 0 Å². The highest BCUT2D eigenvalue weighted by Gasteiger charge is 2.48. The summed E-state index contributed by atoms with van der Waals surface area (Å²) in [6, 6.07) is -0.535. The first-order valence-corrected chi connectivity index (χ1v) is 6.32. The standard InChI is InChI=1S/C12H16F3NO2/c13-12(14,15)11(18)16-7-3-5-9(16)8-4-1-2-6-10(8)17/h8-9H,1-7H2. The van der Waals surface area contributed by atoms with E-state index in [1.165, 1.54) is 0 Å². The van der Waals surface area contributed by atoms with Crippen molar-refractivity contribution in [2.24, 2.45) is 5.92 Å². The lowest BCUT2D eigenvalue weighted by Gasteiger charge is -2.33. The van der Waals surface area contributed by atoms with Crippen LogP contribution in [0.15, 0.2) is 0 Å². The van der Waals surface area contributed by atoms with Crippen molar-refractivity contribution in [2.45, 2.75) is 50.7 Å². The molecule has 2 rings (SSSR count). The largest absolute Gasteiger partial charge is 0.471 e. The first-order valence-electron chi connectivity index (χ1n) is 6.32. The van der Waals surface area contributed by atoms with E-state index in [4.69, 9.17) is 0 Å². The molecule has 2 atom stereocenters. The molecule has 1 heterocycles.